The molecule has 0 spiro atoms. The number of carbonyl (C=O) groups excluding carboxylic acids is 3. The second-order valence-electron chi connectivity index (χ2n) is 13.1. The summed E-state index contributed by atoms with van der Waals surface area (Å²) < 4.78 is 0. The SMILES string of the molecule is CN1CCN(CNCC(=Nc2cc(N(C)C)c3c(c2O)C(O)=C2C(=O)[C@]4(O)C(O)=C(C(N)=O)C(=O)[C@@H](N(C)C)C4CC2C3)NO)CC1. The average molecular weight is 657 g/mol. The Balaban J connectivity index is 1.56. The van der Waals surface area contributed by atoms with Crippen LogP contribution in [0.1, 0.15) is 17.5 Å². The van der Waals surface area contributed by atoms with E-state index < -0.39 is 63.8 Å². The molecule has 16 nitrogen and oxygen atoms in total. The molecular weight excluding hydrogens is 612 g/mol. The van der Waals surface area contributed by atoms with Crippen LogP contribution in [0, 0.1) is 11.8 Å². The van der Waals surface area contributed by atoms with Crippen molar-refractivity contribution in [2.45, 2.75) is 24.5 Å². The molecule has 1 saturated heterocycles. The zero-order chi connectivity index (χ0) is 34.5. The van der Waals surface area contributed by atoms with Gasteiger partial charge in [0.15, 0.2) is 17.1 Å². The number of aliphatic imine (C=N–C) groups is 1. The van der Waals surface area contributed by atoms with Crippen LogP contribution in [-0.2, 0) is 20.8 Å². The lowest BCUT2D eigenvalue weighted by Crippen LogP contribution is -2.65. The van der Waals surface area contributed by atoms with Crippen LogP contribution in [0.3, 0.4) is 0 Å². The van der Waals surface area contributed by atoms with Gasteiger partial charge in [-0.05, 0) is 51.5 Å². The molecule has 1 aromatic carbocycles. The number of ketones is 2. The molecule has 16 heteroatoms. The number of hydroxylamine groups is 1. The molecule has 9 N–H and O–H groups in total. The van der Waals surface area contributed by atoms with Crippen LogP contribution in [-0.4, -0.2) is 150 Å². The first-order valence-corrected chi connectivity index (χ1v) is 15.4. The number of aliphatic hydroxyl groups is 3. The van der Waals surface area contributed by atoms with E-state index in [-0.39, 0.29) is 42.0 Å². The fourth-order valence-electron chi connectivity index (χ4n) is 7.35. The highest BCUT2D eigenvalue weighted by Crippen LogP contribution is 2.54. The Bertz CT molecular complexity index is 1580. The Hall–Kier alpha value is -4.06. The predicted octanol–water partition coefficient (Wildman–Crippen LogP) is -1.17. The molecule has 1 aliphatic heterocycles. The van der Waals surface area contributed by atoms with Gasteiger partial charge in [0.2, 0.25) is 5.78 Å². The molecule has 47 heavy (non-hydrogen) atoms. The standard InChI is InChI=1S/C31H44N8O8/c1-36(2)19-12-18(34-20(35-47)13-33-14-39-8-6-38(5)7-9-39)25(40)22-16(19)10-15-11-17-24(37(3)4)27(42)23(30(32)45)29(44)31(17,46)28(43)21(15)26(22)41/h12,15,17,24,33,40-41,44,46-47H,6-11,13-14H2,1-5H3,(H2,32,45)(H,34,35)/t15?,17?,24-,31-/m0/s1. The lowest BCUT2D eigenvalue weighted by atomic mass is 9.57. The minimum absolute atomic E-state index is 0.00876. The van der Waals surface area contributed by atoms with Gasteiger partial charge < -0.3 is 36.0 Å². The maximum atomic E-state index is 14.2. The number of amides is 1. The second-order valence-corrected chi connectivity index (χ2v) is 13.1. The molecule has 1 amide bonds. The molecule has 2 unspecified atom stereocenters. The highest BCUT2D eigenvalue weighted by atomic mass is 16.5. The zero-order valence-corrected chi connectivity index (χ0v) is 27.2. The first-order valence-electron chi connectivity index (χ1n) is 15.4. The fraction of sp³-hybridized carbons (Fsp3) is 0.548. The number of phenolic OH excluding ortho intramolecular Hbond substituents is 1. The average Bonchev–Trinajstić information content (AvgIpc) is 3.00. The number of carbonyl (C=O) groups is 3. The van der Waals surface area contributed by atoms with E-state index in [1.54, 1.807) is 39.2 Å². The van der Waals surface area contributed by atoms with E-state index in [1.807, 2.05) is 0 Å². The number of nitrogens with one attached hydrogen (secondary N) is 2. The number of Topliss-reactive ketones (excluding diaryl/α,β-unsaturated/α-hetero) is 2. The molecule has 1 heterocycles. The van der Waals surface area contributed by atoms with Gasteiger partial charge in [-0.15, -0.1) is 0 Å². The molecule has 0 radical (unpaired) electrons. The maximum Gasteiger partial charge on any atom is 0.255 e. The van der Waals surface area contributed by atoms with Gasteiger partial charge in [-0.3, -0.25) is 40.2 Å². The first kappa shape index (κ1) is 34.3. The Kier molecular flexibility index (Phi) is 9.38. The lowest BCUT2D eigenvalue weighted by Gasteiger charge is -2.50. The number of phenols is 1. The van der Waals surface area contributed by atoms with Gasteiger partial charge in [0.05, 0.1) is 18.2 Å². The molecule has 2 fully saturated rings. The number of hydrogen-bond donors (Lipinski definition) is 8. The summed E-state index contributed by atoms with van der Waals surface area (Å²) in [5.74, 6) is -7.22. The molecule has 1 saturated carbocycles. The van der Waals surface area contributed by atoms with E-state index in [9.17, 15) is 40.0 Å². The number of aliphatic hydroxyl groups excluding tert-OH is 2. The van der Waals surface area contributed by atoms with E-state index in [2.05, 4.69) is 32.6 Å². The largest absolute Gasteiger partial charge is 0.508 e. The van der Waals surface area contributed by atoms with Crippen LogP contribution in [0.15, 0.2) is 28.0 Å². The van der Waals surface area contributed by atoms with Gasteiger partial charge >= 0.3 is 0 Å². The Morgan fingerprint density at radius 1 is 1.13 bits per heavy atom. The summed E-state index contributed by atoms with van der Waals surface area (Å²) in [4.78, 5) is 51.8. The van der Waals surface area contributed by atoms with Crippen LogP contribution >= 0.6 is 0 Å². The molecule has 1 aromatic rings. The molecule has 0 aromatic heterocycles. The van der Waals surface area contributed by atoms with E-state index in [0.717, 1.165) is 26.2 Å². The fourth-order valence-corrected chi connectivity index (χ4v) is 7.35. The summed E-state index contributed by atoms with van der Waals surface area (Å²) in [5, 5.41) is 59.2. The Morgan fingerprint density at radius 2 is 1.79 bits per heavy atom. The number of piperazine rings is 1. The van der Waals surface area contributed by atoms with Crippen LogP contribution in [0.25, 0.3) is 5.76 Å². The van der Waals surface area contributed by atoms with Gasteiger partial charge in [0.25, 0.3) is 5.91 Å². The van der Waals surface area contributed by atoms with Crippen molar-refractivity contribution in [3.63, 3.8) is 0 Å². The molecule has 4 atom stereocenters. The summed E-state index contributed by atoms with van der Waals surface area (Å²) in [7, 11) is 8.69. The van der Waals surface area contributed by atoms with Crippen molar-refractivity contribution in [3.8, 4) is 5.75 Å². The van der Waals surface area contributed by atoms with Crippen molar-refractivity contribution in [2.24, 2.45) is 22.6 Å². The van der Waals surface area contributed by atoms with Crippen molar-refractivity contribution >= 4 is 40.4 Å². The van der Waals surface area contributed by atoms with Gasteiger partial charge in [0.1, 0.15) is 28.6 Å². The third kappa shape index (κ3) is 5.74. The van der Waals surface area contributed by atoms with E-state index in [1.165, 1.54) is 4.90 Å². The van der Waals surface area contributed by atoms with E-state index in [0.29, 0.717) is 17.9 Å². The molecule has 5 rings (SSSR count). The third-order valence-corrected chi connectivity index (χ3v) is 9.77. The molecular formula is C31H44N8O8. The van der Waals surface area contributed by atoms with Crippen molar-refractivity contribution in [1.29, 1.82) is 0 Å². The number of likely N-dealkylation sites (N-methyl/N-ethyl adjacent to an activating group) is 2. The summed E-state index contributed by atoms with van der Waals surface area (Å²) in [6.45, 7) is 4.31. The van der Waals surface area contributed by atoms with Crippen molar-refractivity contribution in [2.75, 3.05) is 79.5 Å². The Labute approximate surface area is 272 Å². The van der Waals surface area contributed by atoms with E-state index >= 15 is 0 Å². The molecule has 256 valence electrons. The summed E-state index contributed by atoms with van der Waals surface area (Å²) in [5.41, 5.74) is 4.58. The number of fused-ring (bicyclic) bond motifs is 3. The predicted molar refractivity (Wildman–Crippen MR) is 173 cm³/mol. The number of aromatic hydroxyl groups is 1. The summed E-state index contributed by atoms with van der Waals surface area (Å²) >= 11 is 0. The topological polar surface area (TPSA) is 228 Å². The normalized spacial score (nSPS) is 27.1. The van der Waals surface area contributed by atoms with Crippen molar-refractivity contribution < 1.29 is 40.0 Å². The molecule has 0 bridgehead atoms. The number of hydrogen-bond acceptors (Lipinski definition) is 14. The minimum Gasteiger partial charge on any atom is -0.508 e. The molecule has 3 aliphatic carbocycles. The smallest absolute Gasteiger partial charge is 0.255 e. The Morgan fingerprint density at radius 3 is 2.36 bits per heavy atom. The van der Waals surface area contributed by atoms with Gasteiger partial charge in [0, 0.05) is 64.1 Å². The number of amidine groups is 1. The maximum absolute atomic E-state index is 14.2. The quantitative estimate of drug-likeness (QED) is 0.0714. The van der Waals surface area contributed by atoms with Crippen LogP contribution in [0.2, 0.25) is 0 Å². The number of benzene rings is 1. The number of nitrogens with two attached hydrogens (primary N) is 1. The van der Waals surface area contributed by atoms with Gasteiger partial charge in [-0.2, -0.15) is 0 Å². The summed E-state index contributed by atoms with van der Waals surface area (Å²) in [6, 6.07) is 0.436. The van der Waals surface area contributed by atoms with Crippen molar-refractivity contribution in [3.05, 3.63) is 34.1 Å². The third-order valence-electron chi connectivity index (χ3n) is 9.77. The summed E-state index contributed by atoms with van der Waals surface area (Å²) in [6.07, 6.45) is 0.119. The number of primary amides is 1. The van der Waals surface area contributed by atoms with Crippen LogP contribution in [0.4, 0.5) is 11.4 Å². The number of nitrogens with zero attached hydrogens (tertiary/aromatic N) is 5. The van der Waals surface area contributed by atoms with Crippen molar-refractivity contribution in [1.82, 2.24) is 25.5 Å². The van der Waals surface area contributed by atoms with Gasteiger partial charge in [-0.25, -0.2) is 4.99 Å². The highest BCUT2D eigenvalue weighted by molar-refractivity contribution is 6.24. The van der Waals surface area contributed by atoms with Crippen LogP contribution < -0.4 is 21.4 Å². The van der Waals surface area contributed by atoms with Gasteiger partial charge in [-0.1, -0.05) is 0 Å². The van der Waals surface area contributed by atoms with Crippen LogP contribution in [0.5, 0.6) is 5.75 Å². The first-order chi connectivity index (χ1) is 22.1. The highest BCUT2D eigenvalue weighted by Gasteiger charge is 2.64. The monoisotopic (exact) mass is 656 g/mol. The molecule has 4 aliphatic rings. The van der Waals surface area contributed by atoms with E-state index in [4.69, 9.17) is 5.73 Å². The number of anilines is 1. The number of rotatable bonds is 8. The minimum atomic E-state index is -2.73. The lowest BCUT2D eigenvalue weighted by molar-refractivity contribution is -0.153. The zero-order valence-electron chi connectivity index (χ0n) is 27.2. The second kappa shape index (κ2) is 12.9.